The van der Waals surface area contributed by atoms with Crippen LogP contribution in [-0.2, 0) is 0 Å². The lowest BCUT2D eigenvalue weighted by Gasteiger charge is -1.98. The van der Waals surface area contributed by atoms with Crippen LogP contribution in [0.25, 0.3) is 11.0 Å². The van der Waals surface area contributed by atoms with E-state index in [1.807, 2.05) is 0 Å². The molecule has 14 heavy (non-hydrogen) atoms. The average Bonchev–Trinajstić information content (AvgIpc) is 1.99. The number of aryl methyl sites for hydroxylation is 1. The first-order valence-electron chi connectivity index (χ1n) is 3.94. The molecule has 2 rings (SSSR count). The monoisotopic (exact) mass is 193 g/mol. The molecule has 2 N–H and O–H groups in total. The molecule has 72 valence electrons. The number of hydrogen-bond acceptors (Lipinski definition) is 4. The van der Waals surface area contributed by atoms with Gasteiger partial charge in [0.15, 0.2) is 0 Å². The summed E-state index contributed by atoms with van der Waals surface area (Å²) in [7, 11) is 0. The van der Waals surface area contributed by atoms with Crippen molar-refractivity contribution in [2.45, 2.75) is 6.92 Å². The van der Waals surface area contributed by atoms with Crippen molar-refractivity contribution in [1.82, 2.24) is 4.98 Å². The van der Waals surface area contributed by atoms with Crippen LogP contribution in [0.1, 0.15) is 5.69 Å². The van der Waals surface area contributed by atoms with Crippen molar-refractivity contribution in [2.75, 3.05) is 0 Å². The van der Waals surface area contributed by atoms with E-state index in [0.29, 0.717) is 5.69 Å². The molecule has 0 amide bonds. The van der Waals surface area contributed by atoms with Crippen molar-refractivity contribution < 1.29 is 9.52 Å². The van der Waals surface area contributed by atoms with Gasteiger partial charge in [0.2, 0.25) is 0 Å². The number of aromatic amines is 1. The summed E-state index contributed by atoms with van der Waals surface area (Å²) in [5, 5.41) is 9.34. The van der Waals surface area contributed by atoms with Gasteiger partial charge in [-0.2, -0.15) is 0 Å². The molecule has 2 aromatic rings. The van der Waals surface area contributed by atoms with Crippen LogP contribution in [-0.4, -0.2) is 10.1 Å². The number of nitrogens with one attached hydrogen (secondary N) is 1. The van der Waals surface area contributed by atoms with E-state index < -0.39 is 11.2 Å². The molecular weight excluding hydrogens is 186 g/mol. The van der Waals surface area contributed by atoms with Crippen molar-refractivity contribution in [1.29, 1.82) is 0 Å². The van der Waals surface area contributed by atoms with Crippen LogP contribution in [0, 0.1) is 6.92 Å². The maximum absolute atomic E-state index is 11.4. The van der Waals surface area contributed by atoms with Crippen LogP contribution in [0.5, 0.6) is 5.75 Å². The van der Waals surface area contributed by atoms with Gasteiger partial charge < -0.3 is 14.5 Å². The lowest BCUT2D eigenvalue weighted by Crippen LogP contribution is -2.09. The van der Waals surface area contributed by atoms with Crippen molar-refractivity contribution in [3.63, 3.8) is 0 Å². The highest BCUT2D eigenvalue weighted by atomic mass is 16.4. The van der Waals surface area contributed by atoms with Crippen molar-refractivity contribution in [2.24, 2.45) is 0 Å². The molecule has 0 aromatic carbocycles. The first kappa shape index (κ1) is 8.55. The smallest absolute Gasteiger partial charge is 0.339 e. The topological polar surface area (TPSA) is 83.3 Å². The Kier molecular flexibility index (Phi) is 1.67. The second-order valence-corrected chi connectivity index (χ2v) is 2.97. The maximum atomic E-state index is 11.4. The molecule has 0 fully saturated rings. The Balaban J connectivity index is 3.10. The fraction of sp³-hybridized carbons (Fsp3) is 0.111. The quantitative estimate of drug-likeness (QED) is 0.638. The summed E-state index contributed by atoms with van der Waals surface area (Å²) in [6.45, 7) is 1.66. The summed E-state index contributed by atoms with van der Waals surface area (Å²) in [5.41, 5.74) is -0.492. The van der Waals surface area contributed by atoms with Crippen LogP contribution in [0.2, 0.25) is 0 Å². The first-order chi connectivity index (χ1) is 6.58. The summed E-state index contributed by atoms with van der Waals surface area (Å²) in [4.78, 5) is 24.7. The molecule has 2 heterocycles. The minimum absolute atomic E-state index is 0.00444. The lowest BCUT2D eigenvalue weighted by molar-refractivity contribution is 0.467. The lowest BCUT2D eigenvalue weighted by atomic mass is 10.2. The van der Waals surface area contributed by atoms with E-state index in [-0.39, 0.29) is 16.7 Å². The van der Waals surface area contributed by atoms with Gasteiger partial charge >= 0.3 is 5.63 Å². The van der Waals surface area contributed by atoms with Crippen molar-refractivity contribution >= 4 is 11.0 Å². The highest BCUT2D eigenvalue weighted by Crippen LogP contribution is 2.17. The largest absolute Gasteiger partial charge is 0.507 e. The summed E-state index contributed by atoms with van der Waals surface area (Å²) in [6, 6.07) is 2.35. The van der Waals surface area contributed by atoms with Gasteiger partial charge in [-0.05, 0) is 6.92 Å². The third kappa shape index (κ3) is 1.19. The predicted molar refractivity (Wildman–Crippen MR) is 49.5 cm³/mol. The molecule has 0 saturated heterocycles. The average molecular weight is 193 g/mol. The number of hydrogen-bond donors (Lipinski definition) is 2. The van der Waals surface area contributed by atoms with Crippen LogP contribution >= 0.6 is 0 Å². The standard InChI is InChI=1S/C9H7NO4/c1-4-2-6-8(9(13)10-4)5(11)3-7(12)14-6/h2-3,11H,1H3,(H,10,13). The summed E-state index contributed by atoms with van der Waals surface area (Å²) >= 11 is 0. The van der Waals surface area contributed by atoms with Crippen LogP contribution in [0.3, 0.4) is 0 Å². The van der Waals surface area contributed by atoms with Gasteiger partial charge in [-0.25, -0.2) is 4.79 Å². The number of fused-ring (bicyclic) bond motifs is 1. The number of pyridine rings is 1. The Hall–Kier alpha value is -2.04. The van der Waals surface area contributed by atoms with Crippen LogP contribution in [0.4, 0.5) is 0 Å². The van der Waals surface area contributed by atoms with E-state index in [2.05, 4.69) is 4.98 Å². The SMILES string of the molecule is Cc1cc2oc(=O)cc(O)c2c(=O)[nH]1. The zero-order valence-electron chi connectivity index (χ0n) is 7.33. The molecule has 0 aliphatic heterocycles. The Morgan fingerprint density at radius 3 is 2.79 bits per heavy atom. The molecule has 0 bridgehead atoms. The normalized spacial score (nSPS) is 10.6. The summed E-state index contributed by atoms with van der Waals surface area (Å²) < 4.78 is 4.77. The fourth-order valence-corrected chi connectivity index (χ4v) is 1.30. The highest BCUT2D eigenvalue weighted by Gasteiger charge is 2.08. The highest BCUT2D eigenvalue weighted by molar-refractivity contribution is 5.81. The second-order valence-electron chi connectivity index (χ2n) is 2.97. The number of H-pyrrole nitrogens is 1. The molecule has 0 saturated carbocycles. The second kappa shape index (κ2) is 2.73. The molecule has 5 nitrogen and oxygen atoms in total. The molecule has 0 atom stereocenters. The minimum atomic E-state index is -0.681. The molecule has 0 unspecified atom stereocenters. The van der Waals surface area contributed by atoms with Crippen molar-refractivity contribution in [3.8, 4) is 5.75 Å². The summed E-state index contributed by atoms with van der Waals surface area (Å²) in [6.07, 6.45) is 0. The van der Waals surface area contributed by atoms with Crippen LogP contribution < -0.4 is 11.2 Å². The van der Waals surface area contributed by atoms with Gasteiger partial charge in [-0.15, -0.1) is 0 Å². The van der Waals surface area contributed by atoms with Gasteiger partial charge in [0.25, 0.3) is 5.56 Å². The van der Waals surface area contributed by atoms with E-state index in [9.17, 15) is 14.7 Å². The Morgan fingerprint density at radius 1 is 1.36 bits per heavy atom. The minimum Gasteiger partial charge on any atom is -0.507 e. The fourth-order valence-electron chi connectivity index (χ4n) is 1.30. The van der Waals surface area contributed by atoms with Gasteiger partial charge in [0, 0.05) is 11.8 Å². The van der Waals surface area contributed by atoms with E-state index in [1.54, 1.807) is 6.92 Å². The van der Waals surface area contributed by atoms with Gasteiger partial charge in [0.1, 0.15) is 16.7 Å². The molecule has 0 radical (unpaired) electrons. The summed E-state index contributed by atoms with van der Waals surface area (Å²) in [5.74, 6) is -0.363. The van der Waals surface area contributed by atoms with Crippen molar-refractivity contribution in [3.05, 3.63) is 38.6 Å². The van der Waals surface area contributed by atoms with E-state index in [0.717, 1.165) is 6.07 Å². The first-order valence-corrected chi connectivity index (χ1v) is 3.94. The third-order valence-corrected chi connectivity index (χ3v) is 1.85. The van der Waals surface area contributed by atoms with Gasteiger partial charge in [0.05, 0.1) is 6.07 Å². The predicted octanol–water partition coefficient (Wildman–Crippen LogP) is 0.495. The Labute approximate surface area is 77.6 Å². The molecule has 0 aliphatic rings. The van der Waals surface area contributed by atoms with Gasteiger partial charge in [-0.3, -0.25) is 4.79 Å². The number of aromatic hydroxyl groups is 1. The Bertz CT molecular complexity index is 608. The Morgan fingerprint density at radius 2 is 2.07 bits per heavy atom. The molecule has 0 spiro atoms. The molecule has 0 aliphatic carbocycles. The molecule has 5 heteroatoms. The number of aromatic nitrogens is 1. The maximum Gasteiger partial charge on any atom is 0.339 e. The number of rotatable bonds is 0. The zero-order valence-corrected chi connectivity index (χ0v) is 7.33. The van der Waals surface area contributed by atoms with Crippen LogP contribution in [0.15, 0.2) is 26.1 Å². The van der Waals surface area contributed by atoms with E-state index in [4.69, 9.17) is 4.42 Å². The van der Waals surface area contributed by atoms with E-state index in [1.165, 1.54) is 6.07 Å². The zero-order chi connectivity index (χ0) is 10.3. The molecule has 2 aromatic heterocycles. The van der Waals surface area contributed by atoms with E-state index >= 15 is 0 Å². The third-order valence-electron chi connectivity index (χ3n) is 1.85. The van der Waals surface area contributed by atoms with Gasteiger partial charge in [-0.1, -0.05) is 0 Å². The molecular formula is C9H7NO4.